The third kappa shape index (κ3) is 24.6. The SMILES string of the molecule is C.CC(O)CCO.CC1CCO[Si](C)(C)O[Si](C)(C)O1.C[SiH](C)O[SiH](C)C.[HH]. The molecule has 10 heteroatoms. The van der Waals surface area contributed by atoms with Gasteiger partial charge in [0, 0.05) is 20.7 Å². The van der Waals surface area contributed by atoms with Crippen LogP contribution in [-0.4, -0.2) is 70.8 Å². The zero-order valence-corrected chi connectivity index (χ0v) is 23.0. The van der Waals surface area contributed by atoms with E-state index in [0.717, 1.165) is 13.0 Å². The molecular weight excluding hydrogens is 413 g/mol. The second kappa shape index (κ2) is 16.4. The Balaban J connectivity index is -0.000000166. The molecule has 1 aliphatic heterocycles. The first-order valence-corrected chi connectivity index (χ1v) is 20.9. The average Bonchev–Trinajstić information content (AvgIpc) is 2.34. The molecule has 2 atom stereocenters. The first-order chi connectivity index (χ1) is 11.7. The van der Waals surface area contributed by atoms with E-state index in [1.807, 2.05) is 0 Å². The van der Waals surface area contributed by atoms with Crippen LogP contribution in [0.1, 0.15) is 35.5 Å². The minimum Gasteiger partial charge on any atom is -0.461 e. The average molecular weight is 463 g/mol. The molecule has 0 bridgehead atoms. The lowest BCUT2D eigenvalue weighted by Crippen LogP contribution is -2.51. The minimum absolute atomic E-state index is 0. The molecule has 0 saturated carbocycles. The zero-order valence-electron chi connectivity index (χ0n) is 18.7. The molecule has 170 valence electrons. The Labute approximate surface area is 176 Å². The van der Waals surface area contributed by atoms with Crippen molar-refractivity contribution in [3.05, 3.63) is 0 Å². The zero-order chi connectivity index (χ0) is 21.0. The molecule has 0 radical (unpaired) electrons. The van der Waals surface area contributed by atoms with Crippen molar-refractivity contribution in [1.29, 1.82) is 0 Å². The lowest BCUT2D eigenvalue weighted by Gasteiger charge is -2.37. The summed E-state index contributed by atoms with van der Waals surface area (Å²) < 4.78 is 23.1. The molecule has 1 heterocycles. The number of rotatable bonds is 4. The molecule has 0 amide bonds. The Bertz CT molecular complexity index is 342. The van der Waals surface area contributed by atoms with Crippen LogP contribution >= 0.6 is 0 Å². The third-order valence-corrected chi connectivity index (χ3v) is 13.2. The van der Waals surface area contributed by atoms with E-state index in [1.54, 1.807) is 6.92 Å². The van der Waals surface area contributed by atoms with Crippen molar-refractivity contribution in [1.82, 2.24) is 0 Å². The summed E-state index contributed by atoms with van der Waals surface area (Å²) in [4.78, 5) is 0. The van der Waals surface area contributed by atoms with E-state index in [0.29, 0.717) is 6.42 Å². The highest BCUT2D eigenvalue weighted by Gasteiger charge is 2.39. The van der Waals surface area contributed by atoms with Crippen LogP contribution in [0.15, 0.2) is 0 Å². The van der Waals surface area contributed by atoms with Crippen molar-refractivity contribution in [2.24, 2.45) is 0 Å². The third-order valence-electron chi connectivity index (χ3n) is 3.04. The van der Waals surface area contributed by atoms with Crippen molar-refractivity contribution in [2.75, 3.05) is 13.2 Å². The standard InChI is InChI=1S/C8H20O3Si2.C4H10O2.C4H14OSi2.CH4.H2/c1-8-6-7-9-12(2,3)11-13(4,5)10-8;1-4(6)2-3-5;1-6(2)5-7(3)4;;/h8H,6-7H2,1-5H3;4-6H,2-3H2,1H3;6-7H,1-4H3;1H4;1H. The maximum atomic E-state index is 8.39. The van der Waals surface area contributed by atoms with Gasteiger partial charge in [0.25, 0.3) is 0 Å². The first kappa shape index (κ1) is 32.3. The number of hydrogen-bond donors (Lipinski definition) is 2. The summed E-state index contributed by atoms with van der Waals surface area (Å²) in [5.74, 6) is 0. The summed E-state index contributed by atoms with van der Waals surface area (Å²) in [7, 11) is -5.17. The van der Waals surface area contributed by atoms with Gasteiger partial charge in [0.2, 0.25) is 0 Å². The summed E-state index contributed by atoms with van der Waals surface area (Å²) in [5.41, 5.74) is 0. The van der Waals surface area contributed by atoms with Gasteiger partial charge >= 0.3 is 17.1 Å². The predicted molar refractivity (Wildman–Crippen MR) is 128 cm³/mol. The molecule has 1 aliphatic rings. The van der Waals surface area contributed by atoms with Gasteiger partial charge < -0.3 is 27.3 Å². The molecule has 0 spiro atoms. The monoisotopic (exact) mass is 462 g/mol. The highest BCUT2D eigenvalue weighted by Crippen LogP contribution is 2.22. The topological polar surface area (TPSA) is 77.4 Å². The molecule has 0 aromatic heterocycles. The van der Waals surface area contributed by atoms with Crippen LogP contribution in [0.4, 0.5) is 0 Å². The fraction of sp³-hybridized carbons (Fsp3) is 1.00. The van der Waals surface area contributed by atoms with Crippen LogP contribution in [0, 0.1) is 0 Å². The summed E-state index contributed by atoms with van der Waals surface area (Å²) in [6, 6.07) is 0. The van der Waals surface area contributed by atoms with Gasteiger partial charge in [-0.3, -0.25) is 0 Å². The summed E-state index contributed by atoms with van der Waals surface area (Å²) >= 11 is 0. The lowest BCUT2D eigenvalue weighted by atomic mass is 10.3. The van der Waals surface area contributed by atoms with E-state index in [2.05, 4.69) is 59.3 Å². The number of aliphatic hydroxyl groups excluding tert-OH is 2. The second-order valence-electron chi connectivity index (χ2n) is 8.06. The molecule has 1 saturated heterocycles. The van der Waals surface area contributed by atoms with Crippen LogP contribution in [0.5, 0.6) is 0 Å². The lowest BCUT2D eigenvalue weighted by molar-refractivity contribution is 0.0986. The molecular formula is C17H50O6Si4. The predicted octanol–water partition coefficient (Wildman–Crippen LogP) is 3.83. The molecule has 27 heavy (non-hydrogen) atoms. The highest BCUT2D eigenvalue weighted by molar-refractivity contribution is 6.78. The van der Waals surface area contributed by atoms with Crippen molar-refractivity contribution in [3.8, 4) is 0 Å². The Morgan fingerprint density at radius 3 is 1.89 bits per heavy atom. The van der Waals surface area contributed by atoms with E-state index < -0.39 is 35.2 Å². The van der Waals surface area contributed by atoms with Crippen molar-refractivity contribution < 1.29 is 28.7 Å². The molecule has 0 aliphatic carbocycles. The van der Waals surface area contributed by atoms with Gasteiger partial charge in [0.05, 0.1) is 6.10 Å². The Morgan fingerprint density at radius 1 is 1.11 bits per heavy atom. The molecule has 2 N–H and O–H groups in total. The van der Waals surface area contributed by atoms with E-state index in [4.69, 9.17) is 27.3 Å². The molecule has 0 aromatic rings. The van der Waals surface area contributed by atoms with E-state index >= 15 is 0 Å². The maximum absolute atomic E-state index is 8.39. The molecule has 6 nitrogen and oxygen atoms in total. The van der Waals surface area contributed by atoms with E-state index in [-0.39, 0.29) is 27.7 Å². The number of aliphatic hydroxyl groups is 2. The van der Waals surface area contributed by atoms with Crippen molar-refractivity contribution in [2.45, 2.75) is 98.7 Å². The fourth-order valence-electron chi connectivity index (χ4n) is 2.39. The fourth-order valence-corrected chi connectivity index (χ4v) is 13.6. The highest BCUT2D eigenvalue weighted by atomic mass is 28.5. The van der Waals surface area contributed by atoms with Crippen LogP contribution in [0.2, 0.25) is 52.4 Å². The smallest absolute Gasteiger partial charge is 0.323 e. The summed E-state index contributed by atoms with van der Waals surface area (Å²) in [5, 5.41) is 16.5. The van der Waals surface area contributed by atoms with Crippen LogP contribution in [0.3, 0.4) is 0 Å². The minimum atomic E-state index is -1.93. The largest absolute Gasteiger partial charge is 0.461 e. The van der Waals surface area contributed by atoms with Gasteiger partial charge in [-0.25, -0.2) is 0 Å². The Kier molecular flexibility index (Phi) is 19.7. The molecule has 2 unspecified atom stereocenters. The van der Waals surface area contributed by atoms with Gasteiger partial charge in [-0.1, -0.05) is 7.43 Å². The van der Waals surface area contributed by atoms with Gasteiger partial charge in [0.15, 0.2) is 18.1 Å². The van der Waals surface area contributed by atoms with Crippen molar-refractivity contribution >= 4 is 35.2 Å². The summed E-state index contributed by atoms with van der Waals surface area (Å²) in [6.45, 7) is 21.8. The van der Waals surface area contributed by atoms with Crippen LogP contribution < -0.4 is 0 Å². The van der Waals surface area contributed by atoms with Gasteiger partial charge in [-0.2, -0.15) is 0 Å². The normalized spacial score (nSPS) is 22.2. The van der Waals surface area contributed by atoms with Gasteiger partial charge in [0.1, 0.15) is 0 Å². The Hall–Kier alpha value is 0.628. The summed E-state index contributed by atoms with van der Waals surface area (Å²) in [6.07, 6.45) is 1.39. The Morgan fingerprint density at radius 2 is 1.59 bits per heavy atom. The first-order valence-electron chi connectivity index (χ1n) is 9.67. The van der Waals surface area contributed by atoms with Crippen LogP contribution in [0.25, 0.3) is 0 Å². The number of hydrogen-bond acceptors (Lipinski definition) is 6. The molecule has 1 fully saturated rings. The van der Waals surface area contributed by atoms with Gasteiger partial charge in [-0.05, 0) is 79.1 Å². The quantitative estimate of drug-likeness (QED) is 0.618. The molecule has 1 rings (SSSR count). The van der Waals surface area contributed by atoms with Crippen LogP contribution in [-0.2, 0) is 17.1 Å². The second-order valence-corrected chi connectivity index (χ2v) is 20.3. The van der Waals surface area contributed by atoms with Crippen molar-refractivity contribution in [3.63, 3.8) is 0 Å². The van der Waals surface area contributed by atoms with Gasteiger partial charge in [-0.15, -0.1) is 0 Å². The van der Waals surface area contributed by atoms with E-state index in [1.165, 1.54) is 0 Å². The molecule has 0 aromatic carbocycles. The van der Waals surface area contributed by atoms with E-state index in [9.17, 15) is 0 Å². The maximum Gasteiger partial charge on any atom is 0.323 e.